The zero-order valence-electron chi connectivity index (χ0n) is 44.0. The Morgan fingerprint density at radius 2 is 1.62 bits per heavy atom. The highest BCUT2D eigenvalue weighted by Crippen LogP contribution is 2.40. The first-order chi connectivity index (χ1) is 34.2. The second kappa shape index (κ2) is 25.5. The Hall–Kier alpha value is -3.98. The molecule has 4 fully saturated rings. The van der Waals surface area contributed by atoms with Crippen LogP contribution in [0.1, 0.15) is 138 Å². The minimum absolute atomic E-state index is 0.00186. The van der Waals surface area contributed by atoms with E-state index in [-0.39, 0.29) is 66.7 Å². The second-order valence-corrected chi connectivity index (χ2v) is 23.7. The molecule has 1 unspecified atom stereocenters. The van der Waals surface area contributed by atoms with Gasteiger partial charge in [0.25, 0.3) is 11.7 Å². The fourth-order valence-corrected chi connectivity index (χ4v) is 13.0. The third kappa shape index (κ3) is 13.8. The average Bonchev–Trinajstić information content (AvgIpc) is 3.90. The van der Waals surface area contributed by atoms with Gasteiger partial charge >= 0.3 is 5.97 Å². The molecule has 18 nitrogen and oxygen atoms in total. The molecule has 1 aromatic heterocycles. The number of methoxy groups -OCH3 is 2. The molecule has 402 valence electrons. The summed E-state index contributed by atoms with van der Waals surface area (Å²) in [4.78, 5) is 58.5. The maximum absolute atomic E-state index is 14.6. The number of rotatable bonds is 7. The van der Waals surface area contributed by atoms with E-state index >= 15 is 0 Å². The number of hydrogen-bond donors (Lipinski definition) is 2. The number of nitrogens with zero attached hydrogens (tertiary/aromatic N) is 6. The summed E-state index contributed by atoms with van der Waals surface area (Å²) in [6, 6.07) is -1.73. The number of piperidine rings is 1. The highest BCUT2D eigenvalue weighted by atomic mass is 32.2. The lowest BCUT2D eigenvalue weighted by Gasteiger charge is -2.44. The highest BCUT2D eigenvalue weighted by Gasteiger charge is 2.54. The van der Waals surface area contributed by atoms with Crippen LogP contribution in [0.15, 0.2) is 53.9 Å². The van der Waals surface area contributed by atoms with Gasteiger partial charge in [-0.05, 0) is 137 Å². The SMILES string of the molecule is CO[C@@H]1C[C@H](C[C@@H](C)[C@@H]2CC[C@H](C)/C=C(\C)[C@@H](O)[C@@H](OC)C(=O)[C@H](C)C[C@H](C)/C=C/C=C/C=C(\C)C(N3CCS3(=O)=O)C[C@@H]3CC[C@@H](C)[C@@](O)(O3)C(=O)C(=O)N3CCCC[C@H]3C(=O)O2)CC[C@@H]1n1cnnn1. The average molecular weight is 1030 g/mol. The van der Waals surface area contributed by atoms with Gasteiger partial charge in [-0.1, -0.05) is 76.6 Å². The van der Waals surface area contributed by atoms with Crippen LogP contribution >= 0.6 is 0 Å². The molecule has 2 bridgehead atoms. The first kappa shape index (κ1) is 57.3. The van der Waals surface area contributed by atoms with E-state index in [0.29, 0.717) is 57.1 Å². The minimum Gasteiger partial charge on any atom is -0.461 e. The Balaban J connectivity index is 1.29. The molecule has 6 rings (SSSR count). The smallest absolute Gasteiger partial charge is 0.329 e. The van der Waals surface area contributed by atoms with Gasteiger partial charge in [0.15, 0.2) is 5.78 Å². The summed E-state index contributed by atoms with van der Waals surface area (Å²) in [5, 5.41) is 35.5. The van der Waals surface area contributed by atoms with Crippen molar-refractivity contribution < 1.29 is 56.8 Å². The molecule has 72 heavy (non-hydrogen) atoms. The third-order valence-corrected chi connectivity index (χ3v) is 18.1. The number of sulfonamides is 1. The summed E-state index contributed by atoms with van der Waals surface area (Å²) in [5.74, 6) is -6.70. The molecule has 5 aliphatic rings. The number of esters is 1. The lowest BCUT2D eigenvalue weighted by molar-refractivity contribution is -0.264. The van der Waals surface area contributed by atoms with Gasteiger partial charge in [-0.3, -0.25) is 14.4 Å². The van der Waals surface area contributed by atoms with Crippen molar-refractivity contribution in [1.82, 2.24) is 29.4 Å². The van der Waals surface area contributed by atoms with E-state index in [2.05, 4.69) is 22.4 Å². The molecule has 3 saturated heterocycles. The van der Waals surface area contributed by atoms with Crippen LogP contribution in [0.25, 0.3) is 0 Å². The van der Waals surface area contributed by atoms with Crippen molar-refractivity contribution in [3.05, 3.63) is 53.9 Å². The molecule has 19 heteroatoms. The molecule has 1 aliphatic carbocycles. The van der Waals surface area contributed by atoms with Crippen LogP contribution in [0.4, 0.5) is 0 Å². The summed E-state index contributed by atoms with van der Waals surface area (Å²) < 4.78 is 53.6. The molecule has 0 radical (unpaired) electrons. The Morgan fingerprint density at radius 1 is 0.861 bits per heavy atom. The number of carbonyl (C=O) groups is 4. The van der Waals surface area contributed by atoms with Crippen molar-refractivity contribution in [2.45, 2.75) is 186 Å². The molecule has 4 aliphatic heterocycles. The molecule has 1 amide bonds. The molecule has 0 spiro atoms. The topological polar surface area (TPSA) is 230 Å². The number of ketones is 2. The second-order valence-electron chi connectivity index (χ2n) is 21.7. The van der Waals surface area contributed by atoms with Gasteiger partial charge in [0, 0.05) is 45.2 Å². The Bertz CT molecular complexity index is 2250. The molecular weight excluding hydrogens is 945 g/mol. The van der Waals surface area contributed by atoms with Crippen LogP contribution in [0.5, 0.6) is 0 Å². The maximum atomic E-state index is 14.6. The zero-order chi connectivity index (χ0) is 52.5. The fraction of sp³-hybridized carbons (Fsp3) is 0.755. The molecule has 5 heterocycles. The number of amides is 1. The number of aliphatic hydroxyl groups is 2. The molecular formula is C53H82N6O12S. The van der Waals surface area contributed by atoms with Gasteiger partial charge in [0.2, 0.25) is 15.8 Å². The van der Waals surface area contributed by atoms with Gasteiger partial charge in [0.05, 0.1) is 24.0 Å². The third-order valence-electron chi connectivity index (χ3n) is 16.2. The number of ether oxygens (including phenoxy) is 4. The van der Waals surface area contributed by atoms with E-state index < -0.39 is 81.8 Å². The van der Waals surface area contributed by atoms with Gasteiger partial charge in [0.1, 0.15) is 30.7 Å². The van der Waals surface area contributed by atoms with Crippen LogP contribution in [0.2, 0.25) is 0 Å². The molecule has 0 aromatic carbocycles. The molecule has 1 aromatic rings. The summed E-state index contributed by atoms with van der Waals surface area (Å²) in [6.45, 7) is 13.6. The van der Waals surface area contributed by atoms with E-state index in [1.165, 1.54) is 16.3 Å². The van der Waals surface area contributed by atoms with Gasteiger partial charge in [-0.2, -0.15) is 4.31 Å². The normalized spacial score (nSPS) is 39.5. The number of allylic oxidation sites excluding steroid dienone is 6. The number of hydrogen-bond acceptors (Lipinski definition) is 15. The summed E-state index contributed by atoms with van der Waals surface area (Å²) in [6.07, 6.45) is 16.1. The highest BCUT2D eigenvalue weighted by molar-refractivity contribution is 7.90. The van der Waals surface area contributed by atoms with Crippen molar-refractivity contribution in [2.75, 3.05) is 33.1 Å². The van der Waals surface area contributed by atoms with Crippen molar-refractivity contribution in [3.8, 4) is 0 Å². The van der Waals surface area contributed by atoms with E-state index in [0.717, 1.165) is 31.3 Å². The number of tetrazole rings is 1. The first-order valence-electron chi connectivity index (χ1n) is 26.3. The number of fused-ring (bicyclic) bond motifs is 3. The van der Waals surface area contributed by atoms with Crippen LogP contribution in [0, 0.1) is 35.5 Å². The van der Waals surface area contributed by atoms with Crippen LogP contribution < -0.4 is 0 Å². The fourth-order valence-electron chi connectivity index (χ4n) is 11.7. The minimum atomic E-state index is -3.54. The largest absolute Gasteiger partial charge is 0.461 e. The lowest BCUT2D eigenvalue weighted by Crippen LogP contribution is -2.61. The summed E-state index contributed by atoms with van der Waals surface area (Å²) >= 11 is 0. The van der Waals surface area contributed by atoms with E-state index in [9.17, 15) is 37.8 Å². The van der Waals surface area contributed by atoms with E-state index in [1.54, 1.807) is 32.0 Å². The Labute approximate surface area is 427 Å². The van der Waals surface area contributed by atoms with Crippen LogP contribution in [-0.2, 0) is 48.1 Å². The van der Waals surface area contributed by atoms with Gasteiger partial charge in [-0.15, -0.1) is 5.10 Å². The molecule has 15 atom stereocenters. The summed E-state index contributed by atoms with van der Waals surface area (Å²) in [5.41, 5.74) is 1.32. The first-order valence-corrected chi connectivity index (χ1v) is 27.9. The standard InChI is InChI=1S/C53H82N6O12S/c1-33-15-11-10-12-16-35(3)44(59-25-26-72(59,66)67)31-41-21-19-39(7)53(65,71-41)50(62)51(63)57-24-14-13-17-43(57)52(64)70-45(23-18-34(2)28-38(6)48(61)49(69-9)47(60)37(5)27-33)36(4)29-40-20-22-42(46(30-40)68-8)58-32-54-55-56-58/h10-12,15-16,28,32-34,36-37,39-46,48-49,61,65H,13-14,17-27,29-31H2,1-9H3/b12-10+,15-11+,35-16+,38-28+/t33-,34+,36-,37-,39-,40+,41+,42+,43+,44?,45+,46-,48-,49+,53-/m1/s1. The quantitative estimate of drug-likeness (QED) is 0.185. The van der Waals surface area contributed by atoms with Crippen molar-refractivity contribution in [2.24, 2.45) is 35.5 Å². The Kier molecular flexibility index (Phi) is 20.3. The lowest BCUT2D eigenvalue weighted by atomic mass is 9.77. The van der Waals surface area contributed by atoms with Gasteiger partial charge < -0.3 is 34.1 Å². The number of aliphatic hydroxyl groups excluding tert-OH is 1. The number of cyclic esters (lactones) is 1. The number of carbonyl (C=O) groups excluding carboxylic acids is 4. The number of Topliss-reactive ketones (excluding diaryl/α,β-unsaturated/α-hetero) is 2. The van der Waals surface area contributed by atoms with Crippen LogP contribution in [0.3, 0.4) is 0 Å². The zero-order valence-corrected chi connectivity index (χ0v) is 44.8. The number of aromatic nitrogens is 4. The van der Waals surface area contributed by atoms with E-state index in [1.807, 2.05) is 64.2 Å². The van der Waals surface area contributed by atoms with E-state index in [4.69, 9.17) is 18.9 Å². The van der Waals surface area contributed by atoms with Crippen molar-refractivity contribution in [1.29, 1.82) is 0 Å². The molecule has 1 saturated carbocycles. The van der Waals surface area contributed by atoms with Crippen molar-refractivity contribution in [3.63, 3.8) is 0 Å². The predicted octanol–water partition coefficient (Wildman–Crippen LogP) is 5.87. The van der Waals surface area contributed by atoms with Crippen LogP contribution in [-0.4, -0.2) is 153 Å². The monoisotopic (exact) mass is 1030 g/mol. The Morgan fingerprint density at radius 3 is 2.29 bits per heavy atom. The summed E-state index contributed by atoms with van der Waals surface area (Å²) in [7, 11) is -0.424. The maximum Gasteiger partial charge on any atom is 0.329 e. The van der Waals surface area contributed by atoms with Gasteiger partial charge in [-0.25, -0.2) is 17.9 Å². The van der Waals surface area contributed by atoms with Crippen molar-refractivity contribution >= 4 is 33.5 Å². The predicted molar refractivity (Wildman–Crippen MR) is 269 cm³/mol. The molecule has 2 N–H and O–H groups in total.